The summed E-state index contributed by atoms with van der Waals surface area (Å²) >= 11 is 0. The molecule has 3 nitrogen and oxygen atoms in total. The van der Waals surface area contributed by atoms with Crippen LogP contribution in [0.1, 0.15) is 12.5 Å². The normalized spacial score (nSPS) is 26.4. The zero-order valence-corrected chi connectivity index (χ0v) is 11.7. The van der Waals surface area contributed by atoms with Crippen LogP contribution in [0.5, 0.6) is 0 Å². The average Bonchev–Trinajstić information content (AvgIpc) is 2.48. The van der Waals surface area contributed by atoms with E-state index in [2.05, 4.69) is 60.8 Å². The highest BCUT2D eigenvalue weighted by Gasteiger charge is 2.33. The molecule has 0 aromatic heterocycles. The van der Waals surface area contributed by atoms with Crippen LogP contribution < -0.4 is 11.1 Å². The van der Waals surface area contributed by atoms with Crippen molar-refractivity contribution < 1.29 is 4.74 Å². The molecule has 104 valence electrons. The van der Waals surface area contributed by atoms with Gasteiger partial charge >= 0.3 is 0 Å². The number of benzene rings is 2. The Labute approximate surface area is 119 Å². The van der Waals surface area contributed by atoms with E-state index in [0.717, 1.165) is 12.1 Å². The van der Waals surface area contributed by atoms with Crippen molar-refractivity contribution in [3.8, 4) is 11.1 Å². The fraction of sp³-hybridized carbons (Fsp3) is 0.294. The van der Waals surface area contributed by atoms with Crippen LogP contribution in [0.3, 0.4) is 0 Å². The van der Waals surface area contributed by atoms with Crippen molar-refractivity contribution >= 4 is 0 Å². The monoisotopic (exact) mass is 268 g/mol. The van der Waals surface area contributed by atoms with Crippen LogP contribution in [0.15, 0.2) is 54.6 Å². The molecule has 1 aliphatic heterocycles. The number of rotatable bonds is 2. The second-order valence-corrected chi connectivity index (χ2v) is 5.46. The molecule has 3 heteroatoms. The van der Waals surface area contributed by atoms with Crippen molar-refractivity contribution in [3.05, 3.63) is 60.2 Å². The Balaban J connectivity index is 1.95. The highest BCUT2D eigenvalue weighted by atomic mass is 16.5. The van der Waals surface area contributed by atoms with Gasteiger partial charge in [-0.15, -0.1) is 0 Å². The fourth-order valence-electron chi connectivity index (χ4n) is 2.70. The summed E-state index contributed by atoms with van der Waals surface area (Å²) in [6.45, 7) is 3.57. The van der Waals surface area contributed by atoms with Gasteiger partial charge in [-0.3, -0.25) is 0 Å². The smallest absolute Gasteiger partial charge is 0.119 e. The summed E-state index contributed by atoms with van der Waals surface area (Å²) in [5.41, 5.74) is 9.11. The minimum atomic E-state index is -0.373. The molecule has 2 aromatic carbocycles. The topological polar surface area (TPSA) is 47.3 Å². The second-order valence-electron chi connectivity index (χ2n) is 5.46. The standard InChI is InChI=1S/C17H20N2O/c1-17(12-19-11-16(18)20-17)15-9-5-8-14(10-15)13-6-3-2-4-7-13/h2-10,16,19H,11-12,18H2,1H3. The van der Waals surface area contributed by atoms with E-state index in [1.165, 1.54) is 11.1 Å². The predicted molar refractivity (Wildman–Crippen MR) is 81.2 cm³/mol. The first kappa shape index (κ1) is 13.3. The van der Waals surface area contributed by atoms with Crippen LogP contribution in [-0.4, -0.2) is 19.3 Å². The van der Waals surface area contributed by atoms with Crippen LogP contribution in [0.25, 0.3) is 11.1 Å². The third-order valence-electron chi connectivity index (χ3n) is 3.80. The van der Waals surface area contributed by atoms with E-state index in [4.69, 9.17) is 10.5 Å². The van der Waals surface area contributed by atoms with E-state index in [1.54, 1.807) is 0 Å². The van der Waals surface area contributed by atoms with Crippen molar-refractivity contribution in [2.45, 2.75) is 18.8 Å². The zero-order chi connectivity index (χ0) is 14.0. The third kappa shape index (κ3) is 2.61. The minimum absolute atomic E-state index is 0.255. The highest BCUT2D eigenvalue weighted by Crippen LogP contribution is 2.30. The largest absolute Gasteiger partial charge is 0.350 e. The summed E-state index contributed by atoms with van der Waals surface area (Å²) in [7, 11) is 0. The zero-order valence-electron chi connectivity index (χ0n) is 11.7. The fourth-order valence-corrected chi connectivity index (χ4v) is 2.70. The quantitative estimate of drug-likeness (QED) is 0.879. The van der Waals surface area contributed by atoms with Gasteiger partial charge < -0.3 is 15.8 Å². The van der Waals surface area contributed by atoms with Crippen molar-refractivity contribution in [2.75, 3.05) is 13.1 Å². The van der Waals surface area contributed by atoms with E-state index >= 15 is 0 Å². The Kier molecular flexibility index (Phi) is 3.57. The molecule has 2 atom stereocenters. The highest BCUT2D eigenvalue weighted by molar-refractivity contribution is 5.64. The lowest BCUT2D eigenvalue weighted by atomic mass is 9.91. The van der Waals surface area contributed by atoms with E-state index in [-0.39, 0.29) is 11.8 Å². The Morgan fingerprint density at radius 3 is 2.60 bits per heavy atom. The summed E-state index contributed by atoms with van der Waals surface area (Å²) < 4.78 is 5.97. The molecule has 1 fully saturated rings. The molecule has 2 unspecified atom stereocenters. The lowest BCUT2D eigenvalue weighted by molar-refractivity contribution is -0.107. The molecular formula is C17H20N2O. The molecule has 3 N–H and O–H groups in total. The van der Waals surface area contributed by atoms with Crippen LogP contribution in [0.4, 0.5) is 0 Å². The Morgan fingerprint density at radius 2 is 1.85 bits per heavy atom. The van der Waals surface area contributed by atoms with Gasteiger partial charge in [-0.05, 0) is 29.7 Å². The minimum Gasteiger partial charge on any atom is -0.350 e. The molecule has 0 aliphatic carbocycles. The van der Waals surface area contributed by atoms with Gasteiger partial charge in [0.1, 0.15) is 11.8 Å². The van der Waals surface area contributed by atoms with Gasteiger partial charge in [-0.1, -0.05) is 48.5 Å². The summed E-state index contributed by atoms with van der Waals surface area (Å²) in [4.78, 5) is 0. The molecule has 1 heterocycles. The molecule has 0 bridgehead atoms. The van der Waals surface area contributed by atoms with Crippen molar-refractivity contribution in [1.82, 2.24) is 5.32 Å². The summed E-state index contributed by atoms with van der Waals surface area (Å²) in [6.07, 6.45) is -0.255. The first-order valence-corrected chi connectivity index (χ1v) is 6.97. The molecule has 0 spiro atoms. The van der Waals surface area contributed by atoms with E-state index < -0.39 is 0 Å². The lowest BCUT2D eigenvalue weighted by Crippen LogP contribution is -2.53. The predicted octanol–water partition coefficient (Wildman–Crippen LogP) is 2.47. The maximum absolute atomic E-state index is 5.97. The molecule has 20 heavy (non-hydrogen) atoms. The Hall–Kier alpha value is -1.68. The van der Waals surface area contributed by atoms with Crippen molar-refractivity contribution in [2.24, 2.45) is 5.73 Å². The van der Waals surface area contributed by atoms with E-state index in [1.807, 2.05) is 6.07 Å². The second kappa shape index (κ2) is 5.37. The number of morpholine rings is 1. The van der Waals surface area contributed by atoms with Gasteiger partial charge in [0.15, 0.2) is 0 Å². The number of hydrogen-bond donors (Lipinski definition) is 2. The number of ether oxygens (including phenoxy) is 1. The molecule has 3 rings (SSSR count). The lowest BCUT2D eigenvalue weighted by Gasteiger charge is -2.38. The van der Waals surface area contributed by atoms with Gasteiger partial charge in [0.2, 0.25) is 0 Å². The molecular weight excluding hydrogens is 248 g/mol. The number of nitrogens with one attached hydrogen (secondary N) is 1. The molecule has 0 saturated carbocycles. The SMILES string of the molecule is CC1(c2cccc(-c3ccccc3)c2)CNCC(N)O1. The van der Waals surface area contributed by atoms with Crippen molar-refractivity contribution in [3.63, 3.8) is 0 Å². The van der Waals surface area contributed by atoms with E-state index in [9.17, 15) is 0 Å². The number of hydrogen-bond acceptors (Lipinski definition) is 3. The number of nitrogens with two attached hydrogens (primary N) is 1. The third-order valence-corrected chi connectivity index (χ3v) is 3.80. The molecule has 1 aliphatic rings. The van der Waals surface area contributed by atoms with E-state index in [0.29, 0.717) is 6.54 Å². The van der Waals surface area contributed by atoms with Crippen LogP contribution in [-0.2, 0) is 10.3 Å². The van der Waals surface area contributed by atoms with Gasteiger partial charge in [-0.2, -0.15) is 0 Å². The molecule has 1 saturated heterocycles. The summed E-state index contributed by atoms with van der Waals surface area (Å²) in [6, 6.07) is 18.9. The summed E-state index contributed by atoms with van der Waals surface area (Å²) in [5, 5.41) is 3.33. The van der Waals surface area contributed by atoms with Gasteiger partial charge in [0, 0.05) is 13.1 Å². The first-order chi connectivity index (χ1) is 9.67. The van der Waals surface area contributed by atoms with Crippen molar-refractivity contribution in [1.29, 1.82) is 0 Å². The average molecular weight is 268 g/mol. The first-order valence-electron chi connectivity index (χ1n) is 6.97. The van der Waals surface area contributed by atoms with Crippen LogP contribution in [0.2, 0.25) is 0 Å². The van der Waals surface area contributed by atoms with Crippen LogP contribution in [0, 0.1) is 0 Å². The maximum Gasteiger partial charge on any atom is 0.119 e. The maximum atomic E-state index is 5.97. The molecule has 0 radical (unpaired) electrons. The van der Waals surface area contributed by atoms with Gasteiger partial charge in [-0.25, -0.2) is 0 Å². The molecule has 0 amide bonds. The summed E-state index contributed by atoms with van der Waals surface area (Å²) in [5.74, 6) is 0. The van der Waals surface area contributed by atoms with Gasteiger partial charge in [0.25, 0.3) is 0 Å². The van der Waals surface area contributed by atoms with Crippen LogP contribution >= 0.6 is 0 Å². The Morgan fingerprint density at radius 1 is 1.10 bits per heavy atom. The van der Waals surface area contributed by atoms with Gasteiger partial charge in [0.05, 0.1) is 0 Å². The molecule has 2 aromatic rings. The Bertz CT molecular complexity index is 585.